The van der Waals surface area contributed by atoms with Crippen LogP contribution in [0.4, 0.5) is 0 Å². The van der Waals surface area contributed by atoms with E-state index < -0.39 is 6.10 Å². The molecule has 5 heteroatoms. The van der Waals surface area contributed by atoms with Crippen LogP contribution in [0, 0.1) is 0 Å². The molecule has 1 saturated heterocycles. The predicted molar refractivity (Wildman–Crippen MR) is 73.5 cm³/mol. The van der Waals surface area contributed by atoms with Gasteiger partial charge in [-0.25, -0.2) is 0 Å². The van der Waals surface area contributed by atoms with Gasteiger partial charge in [0.25, 0.3) is 5.91 Å². The highest BCUT2D eigenvalue weighted by molar-refractivity contribution is 6.32. The maximum atomic E-state index is 11.9. The van der Waals surface area contributed by atoms with Gasteiger partial charge in [-0.2, -0.15) is 0 Å². The Labute approximate surface area is 118 Å². The van der Waals surface area contributed by atoms with Gasteiger partial charge in [-0.3, -0.25) is 4.79 Å². The topological polar surface area (TPSA) is 47.6 Å². The molecule has 19 heavy (non-hydrogen) atoms. The molecule has 1 aromatic rings. The first-order valence-corrected chi connectivity index (χ1v) is 6.85. The minimum Gasteiger partial charge on any atom is -0.479 e. The van der Waals surface area contributed by atoms with Crippen LogP contribution in [0.2, 0.25) is 5.02 Å². The summed E-state index contributed by atoms with van der Waals surface area (Å²) >= 11 is 5.98. The maximum absolute atomic E-state index is 11.9. The predicted octanol–water partition coefficient (Wildman–Crippen LogP) is 2.40. The van der Waals surface area contributed by atoms with E-state index in [1.807, 2.05) is 12.1 Å². The molecule has 0 aromatic heterocycles. The van der Waals surface area contributed by atoms with Crippen molar-refractivity contribution in [2.75, 3.05) is 13.2 Å². The summed E-state index contributed by atoms with van der Waals surface area (Å²) in [6.07, 6.45) is 1.62. The number of hydrogen-bond acceptors (Lipinski definition) is 3. The van der Waals surface area contributed by atoms with Crippen LogP contribution in [0.15, 0.2) is 24.3 Å². The Morgan fingerprint density at radius 2 is 2.37 bits per heavy atom. The van der Waals surface area contributed by atoms with Gasteiger partial charge in [-0.05, 0) is 31.9 Å². The Hall–Kier alpha value is -1.26. The Balaban J connectivity index is 1.80. The van der Waals surface area contributed by atoms with Gasteiger partial charge in [0.15, 0.2) is 6.10 Å². The van der Waals surface area contributed by atoms with Crippen LogP contribution < -0.4 is 10.1 Å². The van der Waals surface area contributed by atoms with Crippen molar-refractivity contribution >= 4 is 17.5 Å². The van der Waals surface area contributed by atoms with Crippen LogP contribution in [-0.4, -0.2) is 31.3 Å². The molecule has 1 fully saturated rings. The smallest absolute Gasteiger partial charge is 0.260 e. The van der Waals surface area contributed by atoms with Crippen molar-refractivity contribution in [3.8, 4) is 5.75 Å². The number of amides is 1. The van der Waals surface area contributed by atoms with E-state index in [1.165, 1.54) is 0 Å². The van der Waals surface area contributed by atoms with Gasteiger partial charge < -0.3 is 14.8 Å². The number of hydrogen-bond donors (Lipinski definition) is 1. The summed E-state index contributed by atoms with van der Waals surface area (Å²) in [5, 5.41) is 3.33. The van der Waals surface area contributed by atoms with E-state index in [0.29, 0.717) is 17.3 Å². The van der Waals surface area contributed by atoms with Gasteiger partial charge in [-0.15, -0.1) is 0 Å². The molecule has 2 atom stereocenters. The number of para-hydroxylation sites is 1. The van der Waals surface area contributed by atoms with Gasteiger partial charge in [0, 0.05) is 13.2 Å². The normalized spacial score (nSPS) is 20.0. The Kier molecular flexibility index (Phi) is 5.05. The van der Waals surface area contributed by atoms with Gasteiger partial charge in [0.2, 0.25) is 0 Å². The quantitative estimate of drug-likeness (QED) is 0.903. The average Bonchev–Trinajstić information content (AvgIpc) is 2.91. The number of benzene rings is 1. The highest BCUT2D eigenvalue weighted by Crippen LogP contribution is 2.24. The number of carbonyl (C=O) groups excluding carboxylic acids is 1. The zero-order chi connectivity index (χ0) is 13.7. The second kappa shape index (κ2) is 6.78. The largest absolute Gasteiger partial charge is 0.479 e. The first-order chi connectivity index (χ1) is 9.16. The summed E-state index contributed by atoms with van der Waals surface area (Å²) < 4.78 is 11.0. The van der Waals surface area contributed by atoms with Crippen LogP contribution in [0.1, 0.15) is 19.8 Å². The lowest BCUT2D eigenvalue weighted by atomic mass is 10.2. The van der Waals surface area contributed by atoms with E-state index in [0.717, 1.165) is 19.4 Å². The molecule has 1 N–H and O–H groups in total. The number of rotatable bonds is 5. The summed E-state index contributed by atoms with van der Waals surface area (Å²) in [5.74, 6) is 0.361. The molecule has 1 aliphatic rings. The highest BCUT2D eigenvalue weighted by Gasteiger charge is 2.20. The third-order valence-corrected chi connectivity index (χ3v) is 3.35. The van der Waals surface area contributed by atoms with E-state index in [1.54, 1.807) is 19.1 Å². The van der Waals surface area contributed by atoms with Crippen molar-refractivity contribution < 1.29 is 14.3 Å². The van der Waals surface area contributed by atoms with Crippen LogP contribution in [0.3, 0.4) is 0 Å². The second-order valence-corrected chi connectivity index (χ2v) is 4.98. The fourth-order valence-electron chi connectivity index (χ4n) is 1.95. The van der Waals surface area contributed by atoms with Crippen molar-refractivity contribution in [1.82, 2.24) is 5.32 Å². The third kappa shape index (κ3) is 4.11. The van der Waals surface area contributed by atoms with Gasteiger partial charge in [-0.1, -0.05) is 23.7 Å². The van der Waals surface area contributed by atoms with Crippen molar-refractivity contribution in [3.05, 3.63) is 29.3 Å². The summed E-state index contributed by atoms with van der Waals surface area (Å²) in [6.45, 7) is 3.02. The second-order valence-electron chi connectivity index (χ2n) is 4.57. The van der Waals surface area contributed by atoms with Crippen LogP contribution in [0.5, 0.6) is 5.75 Å². The molecule has 0 aliphatic carbocycles. The molecule has 1 aliphatic heterocycles. The molecule has 2 rings (SSSR count). The van der Waals surface area contributed by atoms with E-state index in [9.17, 15) is 4.79 Å². The Morgan fingerprint density at radius 1 is 1.58 bits per heavy atom. The lowest BCUT2D eigenvalue weighted by Gasteiger charge is -2.17. The SMILES string of the molecule is C[C@H](Oc1ccccc1Cl)C(=O)NC[C@H]1CCCO1. The van der Waals surface area contributed by atoms with Crippen LogP contribution in [-0.2, 0) is 9.53 Å². The molecule has 0 unspecified atom stereocenters. The fraction of sp³-hybridized carbons (Fsp3) is 0.500. The zero-order valence-electron chi connectivity index (χ0n) is 10.9. The minimum absolute atomic E-state index is 0.136. The first-order valence-electron chi connectivity index (χ1n) is 6.47. The van der Waals surface area contributed by atoms with Gasteiger partial charge in [0.05, 0.1) is 11.1 Å². The van der Waals surface area contributed by atoms with Gasteiger partial charge in [0.1, 0.15) is 5.75 Å². The summed E-state index contributed by atoms with van der Waals surface area (Å²) in [7, 11) is 0. The molecule has 0 bridgehead atoms. The molecule has 1 amide bonds. The number of nitrogens with one attached hydrogen (secondary N) is 1. The van der Waals surface area contributed by atoms with Crippen molar-refractivity contribution in [2.45, 2.75) is 32.0 Å². The molecule has 0 radical (unpaired) electrons. The summed E-state index contributed by atoms with van der Waals surface area (Å²) in [4.78, 5) is 11.9. The molecular weight excluding hydrogens is 266 g/mol. The molecule has 0 spiro atoms. The summed E-state index contributed by atoms with van der Waals surface area (Å²) in [5.41, 5.74) is 0. The standard InChI is InChI=1S/C14H18ClNO3/c1-10(19-13-7-3-2-6-12(13)15)14(17)16-9-11-5-4-8-18-11/h2-3,6-7,10-11H,4-5,8-9H2,1H3,(H,16,17)/t10-,11+/m0/s1. The first kappa shape index (κ1) is 14.2. The van der Waals surface area contributed by atoms with E-state index in [2.05, 4.69) is 5.32 Å². The lowest BCUT2D eigenvalue weighted by molar-refractivity contribution is -0.127. The minimum atomic E-state index is -0.582. The van der Waals surface area contributed by atoms with E-state index >= 15 is 0 Å². The molecule has 104 valence electrons. The number of halogens is 1. The Bertz CT molecular complexity index is 432. The molecule has 1 aromatic carbocycles. The molecule has 0 saturated carbocycles. The highest BCUT2D eigenvalue weighted by atomic mass is 35.5. The lowest BCUT2D eigenvalue weighted by Crippen LogP contribution is -2.40. The zero-order valence-corrected chi connectivity index (χ0v) is 11.7. The molecular formula is C14H18ClNO3. The van der Waals surface area contributed by atoms with E-state index in [4.69, 9.17) is 21.1 Å². The van der Waals surface area contributed by atoms with Crippen molar-refractivity contribution in [1.29, 1.82) is 0 Å². The molecule has 1 heterocycles. The number of ether oxygens (including phenoxy) is 2. The van der Waals surface area contributed by atoms with Crippen LogP contribution in [0.25, 0.3) is 0 Å². The monoisotopic (exact) mass is 283 g/mol. The molecule has 4 nitrogen and oxygen atoms in total. The van der Waals surface area contributed by atoms with Crippen molar-refractivity contribution in [2.24, 2.45) is 0 Å². The third-order valence-electron chi connectivity index (χ3n) is 3.04. The maximum Gasteiger partial charge on any atom is 0.260 e. The van der Waals surface area contributed by atoms with Crippen LogP contribution >= 0.6 is 11.6 Å². The number of carbonyl (C=O) groups is 1. The average molecular weight is 284 g/mol. The van der Waals surface area contributed by atoms with E-state index in [-0.39, 0.29) is 12.0 Å². The van der Waals surface area contributed by atoms with Crippen molar-refractivity contribution in [3.63, 3.8) is 0 Å². The fourth-order valence-corrected chi connectivity index (χ4v) is 2.13. The summed E-state index contributed by atoms with van der Waals surface area (Å²) in [6, 6.07) is 7.11. The van der Waals surface area contributed by atoms with Gasteiger partial charge >= 0.3 is 0 Å². The Morgan fingerprint density at radius 3 is 3.05 bits per heavy atom.